The molecule has 0 radical (unpaired) electrons. The highest BCUT2D eigenvalue weighted by atomic mass is 79.9. The molecule has 0 amide bonds. The number of benzene rings is 1. The predicted octanol–water partition coefficient (Wildman–Crippen LogP) is 3.16. The van der Waals surface area contributed by atoms with Crippen LogP contribution in [0.2, 0.25) is 0 Å². The Kier molecular flexibility index (Phi) is 6.47. The van der Waals surface area contributed by atoms with Gasteiger partial charge in [0.25, 0.3) is 0 Å². The van der Waals surface area contributed by atoms with Crippen LogP contribution in [0.3, 0.4) is 0 Å². The quantitative estimate of drug-likeness (QED) is 0.785. The molecule has 2 fully saturated rings. The normalized spacial score (nSPS) is 20.3. The highest BCUT2D eigenvalue weighted by Gasteiger charge is 2.30. The molecule has 8 heteroatoms. The average molecular weight is 428 g/mol. The van der Waals surface area contributed by atoms with Crippen molar-refractivity contribution in [1.29, 1.82) is 0 Å². The summed E-state index contributed by atoms with van der Waals surface area (Å²) in [5, 5.41) is 3.52. The van der Waals surface area contributed by atoms with Crippen LogP contribution in [-0.4, -0.2) is 38.4 Å². The summed E-state index contributed by atoms with van der Waals surface area (Å²) in [6, 6.07) is 4.36. The van der Waals surface area contributed by atoms with E-state index in [0.29, 0.717) is 19.1 Å². The van der Waals surface area contributed by atoms with Crippen molar-refractivity contribution in [2.24, 2.45) is 5.92 Å². The minimum atomic E-state index is -3.60. The molecule has 2 aliphatic rings. The summed E-state index contributed by atoms with van der Waals surface area (Å²) in [6.45, 7) is 2.03. The Hall–Kier alpha value is -0.210. The van der Waals surface area contributed by atoms with Crippen molar-refractivity contribution in [3.8, 4) is 0 Å². The van der Waals surface area contributed by atoms with Gasteiger partial charge in [-0.1, -0.05) is 0 Å². The van der Waals surface area contributed by atoms with E-state index < -0.39 is 15.8 Å². The molecule has 0 spiro atoms. The molecule has 1 saturated carbocycles. The first-order valence-corrected chi connectivity index (χ1v) is 9.89. The molecular formula is C15H21BrClFN2O2S. The third-order valence-corrected chi connectivity index (χ3v) is 6.91. The van der Waals surface area contributed by atoms with E-state index in [1.54, 1.807) is 0 Å². The van der Waals surface area contributed by atoms with Crippen molar-refractivity contribution < 1.29 is 12.8 Å². The van der Waals surface area contributed by atoms with Gasteiger partial charge in [-0.25, -0.2) is 12.8 Å². The van der Waals surface area contributed by atoms with Crippen LogP contribution in [-0.2, 0) is 10.0 Å². The van der Waals surface area contributed by atoms with Crippen molar-refractivity contribution in [3.05, 3.63) is 28.5 Å². The number of hydrogen-bond acceptors (Lipinski definition) is 3. The molecule has 1 heterocycles. The Morgan fingerprint density at radius 1 is 1.22 bits per heavy atom. The Bertz CT molecular complexity index is 647. The van der Waals surface area contributed by atoms with Crippen molar-refractivity contribution in [3.63, 3.8) is 0 Å². The largest absolute Gasteiger partial charge is 0.314 e. The first kappa shape index (κ1) is 19.1. The molecule has 0 aromatic heterocycles. The van der Waals surface area contributed by atoms with Crippen molar-refractivity contribution in [2.75, 3.05) is 19.6 Å². The lowest BCUT2D eigenvalue weighted by molar-refractivity contribution is 0.288. The first-order chi connectivity index (χ1) is 10.5. The van der Waals surface area contributed by atoms with Crippen LogP contribution in [0.15, 0.2) is 27.6 Å². The molecular weight excluding hydrogens is 407 g/mol. The second-order valence-corrected chi connectivity index (χ2v) is 8.90. The number of nitrogens with one attached hydrogen (secondary N) is 1. The maximum atomic E-state index is 13.6. The second-order valence-electron chi connectivity index (χ2n) is 6.11. The van der Waals surface area contributed by atoms with E-state index >= 15 is 0 Å². The van der Waals surface area contributed by atoms with E-state index in [1.807, 2.05) is 0 Å². The number of sulfonamides is 1. The summed E-state index contributed by atoms with van der Waals surface area (Å²) in [5.74, 6) is 0.273. The van der Waals surface area contributed by atoms with Crippen LogP contribution >= 0.6 is 28.3 Å². The SMILES string of the molecule is Cl.O=S(=O)(c1ccc(Br)c(F)c1)N1CCC(NCC2CC2)CC1. The number of rotatable bonds is 5. The zero-order valence-electron chi connectivity index (χ0n) is 12.7. The van der Waals surface area contributed by atoms with Gasteiger partial charge in [-0.05, 0) is 72.3 Å². The summed E-state index contributed by atoms with van der Waals surface area (Å²) in [4.78, 5) is 0.0255. The van der Waals surface area contributed by atoms with E-state index in [4.69, 9.17) is 0 Å². The van der Waals surface area contributed by atoms with E-state index in [-0.39, 0.29) is 21.8 Å². The summed E-state index contributed by atoms with van der Waals surface area (Å²) < 4.78 is 40.4. The maximum Gasteiger partial charge on any atom is 0.243 e. The molecule has 23 heavy (non-hydrogen) atoms. The van der Waals surface area contributed by atoms with Gasteiger partial charge in [0, 0.05) is 19.1 Å². The summed E-state index contributed by atoms with van der Waals surface area (Å²) in [5.41, 5.74) is 0. The second kappa shape index (κ2) is 7.78. The predicted molar refractivity (Wildman–Crippen MR) is 93.9 cm³/mol. The molecule has 1 aromatic carbocycles. The van der Waals surface area contributed by atoms with Gasteiger partial charge < -0.3 is 5.32 Å². The van der Waals surface area contributed by atoms with Gasteiger partial charge in [-0.15, -0.1) is 12.4 Å². The highest BCUT2D eigenvalue weighted by Crippen LogP contribution is 2.28. The lowest BCUT2D eigenvalue weighted by Gasteiger charge is -2.31. The van der Waals surface area contributed by atoms with E-state index in [9.17, 15) is 12.8 Å². The molecule has 3 rings (SSSR count). The molecule has 1 saturated heterocycles. The van der Waals surface area contributed by atoms with E-state index in [2.05, 4.69) is 21.2 Å². The third-order valence-electron chi connectivity index (χ3n) is 4.37. The fraction of sp³-hybridized carbons (Fsp3) is 0.600. The molecule has 4 nitrogen and oxygen atoms in total. The monoisotopic (exact) mass is 426 g/mol. The van der Waals surface area contributed by atoms with Gasteiger partial charge in [0.2, 0.25) is 10.0 Å². The van der Waals surface area contributed by atoms with Gasteiger partial charge in [-0.2, -0.15) is 4.31 Å². The molecule has 130 valence electrons. The van der Waals surface area contributed by atoms with Crippen molar-refractivity contribution >= 4 is 38.4 Å². The lowest BCUT2D eigenvalue weighted by atomic mass is 10.1. The summed E-state index contributed by atoms with van der Waals surface area (Å²) in [7, 11) is -3.60. The lowest BCUT2D eigenvalue weighted by Crippen LogP contribution is -2.45. The molecule has 1 aliphatic carbocycles. The summed E-state index contributed by atoms with van der Waals surface area (Å²) in [6.07, 6.45) is 4.25. The van der Waals surface area contributed by atoms with Gasteiger partial charge >= 0.3 is 0 Å². The number of halogens is 3. The smallest absolute Gasteiger partial charge is 0.243 e. The minimum Gasteiger partial charge on any atom is -0.314 e. The maximum absolute atomic E-state index is 13.6. The third kappa shape index (κ3) is 4.66. The zero-order valence-corrected chi connectivity index (χ0v) is 15.9. The molecule has 0 bridgehead atoms. The van der Waals surface area contributed by atoms with Crippen LogP contribution < -0.4 is 5.32 Å². The van der Waals surface area contributed by atoms with Gasteiger partial charge in [-0.3, -0.25) is 0 Å². The van der Waals surface area contributed by atoms with Crippen molar-refractivity contribution in [2.45, 2.75) is 36.6 Å². The van der Waals surface area contributed by atoms with Crippen LogP contribution in [0.1, 0.15) is 25.7 Å². The average Bonchev–Trinajstić information content (AvgIpc) is 3.32. The molecule has 1 aliphatic heterocycles. The summed E-state index contributed by atoms with van der Waals surface area (Å²) >= 11 is 3.04. The first-order valence-electron chi connectivity index (χ1n) is 7.65. The standard InChI is InChI=1S/C15H20BrFN2O2S.ClH/c16-14-4-3-13(9-15(14)17)22(20,21)19-7-5-12(6-8-19)18-10-11-1-2-11;/h3-4,9,11-12,18H,1-2,5-8,10H2;1H. The fourth-order valence-corrected chi connectivity index (χ4v) is 4.47. The topological polar surface area (TPSA) is 49.4 Å². The van der Waals surface area contributed by atoms with Gasteiger partial charge in [0.05, 0.1) is 9.37 Å². The number of hydrogen-bond donors (Lipinski definition) is 1. The van der Waals surface area contributed by atoms with Crippen LogP contribution in [0, 0.1) is 11.7 Å². The van der Waals surface area contributed by atoms with Crippen LogP contribution in [0.25, 0.3) is 0 Å². The zero-order chi connectivity index (χ0) is 15.7. The Labute approximate surface area is 151 Å². The number of nitrogens with zero attached hydrogens (tertiary/aromatic N) is 1. The molecule has 1 N–H and O–H groups in total. The Morgan fingerprint density at radius 3 is 2.43 bits per heavy atom. The van der Waals surface area contributed by atoms with Gasteiger partial charge in [0.1, 0.15) is 5.82 Å². The molecule has 0 atom stereocenters. The Balaban J connectivity index is 0.00000192. The minimum absolute atomic E-state index is 0. The Morgan fingerprint density at radius 2 is 1.87 bits per heavy atom. The van der Waals surface area contributed by atoms with Gasteiger partial charge in [0.15, 0.2) is 0 Å². The van der Waals surface area contributed by atoms with Crippen molar-refractivity contribution in [1.82, 2.24) is 9.62 Å². The van der Waals surface area contributed by atoms with Crippen LogP contribution in [0.5, 0.6) is 0 Å². The number of piperidine rings is 1. The molecule has 1 aromatic rings. The highest BCUT2D eigenvalue weighted by molar-refractivity contribution is 9.10. The van der Waals surface area contributed by atoms with E-state index in [1.165, 1.54) is 29.3 Å². The fourth-order valence-electron chi connectivity index (χ4n) is 2.74. The van der Waals surface area contributed by atoms with Crippen LogP contribution in [0.4, 0.5) is 4.39 Å². The molecule has 0 unspecified atom stereocenters. The van der Waals surface area contributed by atoms with E-state index in [0.717, 1.165) is 31.4 Å².